The number of imidazole rings is 1. The predicted octanol–water partition coefficient (Wildman–Crippen LogP) is 2.99. The van der Waals surface area contributed by atoms with Crippen LogP contribution in [0, 0.1) is 5.82 Å². The molecule has 1 aromatic heterocycles. The molecule has 0 aliphatic carbocycles. The molecule has 0 spiro atoms. The Morgan fingerprint density at radius 1 is 1.44 bits per heavy atom. The lowest BCUT2D eigenvalue weighted by molar-refractivity contribution is 0.473. The summed E-state index contributed by atoms with van der Waals surface area (Å²) in [5.41, 5.74) is 7.55. The fourth-order valence-corrected chi connectivity index (χ4v) is 2.17. The van der Waals surface area contributed by atoms with Crippen molar-refractivity contribution in [3.63, 3.8) is 0 Å². The zero-order valence-electron chi connectivity index (χ0n) is 10.5. The van der Waals surface area contributed by atoms with Crippen LogP contribution in [0.25, 0.3) is 11.3 Å². The van der Waals surface area contributed by atoms with E-state index in [0.29, 0.717) is 6.54 Å². The first-order valence-electron chi connectivity index (χ1n) is 6.24. The zero-order chi connectivity index (χ0) is 13.0. The molecule has 2 N–H and O–H groups in total. The minimum atomic E-state index is -0.236. The molecule has 3 nitrogen and oxygen atoms in total. The van der Waals surface area contributed by atoms with Crippen molar-refractivity contribution in [2.24, 2.45) is 5.73 Å². The van der Waals surface area contributed by atoms with Crippen LogP contribution in [0.5, 0.6) is 0 Å². The van der Waals surface area contributed by atoms with Gasteiger partial charge in [-0.25, -0.2) is 9.37 Å². The molecular weight excluding hydrogens is 229 g/mol. The van der Waals surface area contributed by atoms with Crippen molar-refractivity contribution in [2.45, 2.75) is 25.8 Å². The second kappa shape index (κ2) is 5.78. The number of halogens is 1. The Balaban J connectivity index is 2.38. The zero-order valence-corrected chi connectivity index (χ0v) is 10.5. The Kier molecular flexibility index (Phi) is 4.10. The monoisotopic (exact) mass is 247 g/mol. The minimum absolute atomic E-state index is 0.218. The summed E-state index contributed by atoms with van der Waals surface area (Å²) in [6.45, 7) is 2.69. The van der Waals surface area contributed by atoms with E-state index >= 15 is 0 Å². The van der Waals surface area contributed by atoms with Gasteiger partial charge in [0.25, 0.3) is 0 Å². The number of rotatable bonds is 5. The molecular formula is C14H18FN3. The van der Waals surface area contributed by atoms with Gasteiger partial charge in [0.05, 0.1) is 18.2 Å². The SMILES string of the molecule is CCCC(CN)n1cncc1-c1cccc(F)c1. The highest BCUT2D eigenvalue weighted by Gasteiger charge is 2.13. The quantitative estimate of drug-likeness (QED) is 0.882. The van der Waals surface area contributed by atoms with Gasteiger partial charge in [-0.05, 0) is 18.6 Å². The summed E-state index contributed by atoms with van der Waals surface area (Å²) in [6.07, 6.45) is 5.58. The van der Waals surface area contributed by atoms with Crippen molar-refractivity contribution in [3.8, 4) is 11.3 Å². The van der Waals surface area contributed by atoms with Crippen LogP contribution in [0.1, 0.15) is 25.8 Å². The molecule has 2 aromatic rings. The van der Waals surface area contributed by atoms with Crippen LogP contribution < -0.4 is 5.73 Å². The molecule has 0 amide bonds. The van der Waals surface area contributed by atoms with E-state index in [9.17, 15) is 4.39 Å². The number of hydrogen-bond acceptors (Lipinski definition) is 2. The van der Waals surface area contributed by atoms with Crippen molar-refractivity contribution >= 4 is 0 Å². The van der Waals surface area contributed by atoms with Crippen LogP contribution in [-0.4, -0.2) is 16.1 Å². The maximum atomic E-state index is 13.3. The predicted molar refractivity (Wildman–Crippen MR) is 70.6 cm³/mol. The van der Waals surface area contributed by atoms with Crippen molar-refractivity contribution in [3.05, 3.63) is 42.6 Å². The van der Waals surface area contributed by atoms with Gasteiger partial charge in [0.15, 0.2) is 0 Å². The van der Waals surface area contributed by atoms with E-state index in [1.165, 1.54) is 12.1 Å². The summed E-state index contributed by atoms with van der Waals surface area (Å²) in [7, 11) is 0. The minimum Gasteiger partial charge on any atom is -0.328 e. The van der Waals surface area contributed by atoms with E-state index in [-0.39, 0.29) is 11.9 Å². The third kappa shape index (κ3) is 2.59. The first-order chi connectivity index (χ1) is 8.76. The standard InChI is InChI=1S/C14H18FN3/c1-2-4-13(8-16)18-10-17-9-14(18)11-5-3-6-12(15)7-11/h3,5-7,9-10,13H,2,4,8,16H2,1H3. The van der Waals surface area contributed by atoms with Gasteiger partial charge in [0.2, 0.25) is 0 Å². The average molecular weight is 247 g/mol. The maximum absolute atomic E-state index is 13.3. The molecule has 0 aliphatic rings. The van der Waals surface area contributed by atoms with E-state index in [2.05, 4.69) is 11.9 Å². The van der Waals surface area contributed by atoms with Crippen molar-refractivity contribution in [2.75, 3.05) is 6.54 Å². The van der Waals surface area contributed by atoms with E-state index in [0.717, 1.165) is 24.1 Å². The molecule has 4 heteroatoms. The highest BCUT2D eigenvalue weighted by molar-refractivity contribution is 5.59. The number of nitrogens with zero attached hydrogens (tertiary/aromatic N) is 2. The smallest absolute Gasteiger partial charge is 0.123 e. The summed E-state index contributed by atoms with van der Waals surface area (Å²) in [6, 6.07) is 6.77. The lowest BCUT2D eigenvalue weighted by atomic mass is 10.1. The number of nitrogens with two attached hydrogens (primary N) is 1. The highest BCUT2D eigenvalue weighted by atomic mass is 19.1. The molecule has 0 fully saturated rings. The Hall–Kier alpha value is -1.68. The second-order valence-corrected chi connectivity index (χ2v) is 4.37. The van der Waals surface area contributed by atoms with Crippen molar-refractivity contribution in [1.29, 1.82) is 0 Å². The van der Waals surface area contributed by atoms with Gasteiger partial charge in [0, 0.05) is 18.2 Å². The van der Waals surface area contributed by atoms with Gasteiger partial charge in [-0.15, -0.1) is 0 Å². The summed E-state index contributed by atoms with van der Waals surface area (Å²) in [4.78, 5) is 4.16. The van der Waals surface area contributed by atoms with Crippen LogP contribution in [0.15, 0.2) is 36.8 Å². The van der Waals surface area contributed by atoms with Crippen LogP contribution >= 0.6 is 0 Å². The van der Waals surface area contributed by atoms with Crippen molar-refractivity contribution < 1.29 is 4.39 Å². The number of hydrogen-bond donors (Lipinski definition) is 1. The lowest BCUT2D eigenvalue weighted by Crippen LogP contribution is -2.19. The molecule has 0 radical (unpaired) electrons. The van der Waals surface area contributed by atoms with Gasteiger partial charge >= 0.3 is 0 Å². The summed E-state index contributed by atoms with van der Waals surface area (Å²) < 4.78 is 15.3. The summed E-state index contributed by atoms with van der Waals surface area (Å²) >= 11 is 0. The third-order valence-electron chi connectivity index (χ3n) is 3.07. The summed E-state index contributed by atoms with van der Waals surface area (Å²) in [5.74, 6) is -0.236. The summed E-state index contributed by atoms with van der Waals surface area (Å²) in [5, 5.41) is 0. The molecule has 18 heavy (non-hydrogen) atoms. The van der Waals surface area contributed by atoms with E-state index < -0.39 is 0 Å². The maximum Gasteiger partial charge on any atom is 0.123 e. The normalized spacial score (nSPS) is 12.6. The first-order valence-corrected chi connectivity index (χ1v) is 6.24. The molecule has 96 valence electrons. The van der Waals surface area contributed by atoms with Gasteiger partial charge < -0.3 is 10.3 Å². The highest BCUT2D eigenvalue weighted by Crippen LogP contribution is 2.24. The molecule has 1 heterocycles. The molecule has 2 rings (SSSR count). The number of aromatic nitrogens is 2. The molecule has 1 atom stereocenters. The fourth-order valence-electron chi connectivity index (χ4n) is 2.17. The van der Waals surface area contributed by atoms with Crippen LogP contribution in [0.2, 0.25) is 0 Å². The van der Waals surface area contributed by atoms with Gasteiger partial charge in [-0.3, -0.25) is 0 Å². The van der Waals surface area contributed by atoms with Crippen molar-refractivity contribution in [1.82, 2.24) is 9.55 Å². The van der Waals surface area contributed by atoms with Gasteiger partial charge in [0.1, 0.15) is 5.82 Å². The molecule has 0 aliphatic heterocycles. The van der Waals surface area contributed by atoms with Gasteiger partial charge in [-0.1, -0.05) is 25.5 Å². The largest absolute Gasteiger partial charge is 0.328 e. The topological polar surface area (TPSA) is 43.8 Å². The number of benzene rings is 1. The Morgan fingerprint density at radius 3 is 2.94 bits per heavy atom. The molecule has 1 aromatic carbocycles. The van der Waals surface area contributed by atoms with Gasteiger partial charge in [-0.2, -0.15) is 0 Å². The molecule has 0 saturated heterocycles. The van der Waals surface area contributed by atoms with E-state index in [1.54, 1.807) is 18.6 Å². The van der Waals surface area contributed by atoms with E-state index in [4.69, 9.17) is 5.73 Å². The lowest BCUT2D eigenvalue weighted by Gasteiger charge is -2.18. The third-order valence-corrected chi connectivity index (χ3v) is 3.07. The Labute approximate surface area is 106 Å². The van der Waals surface area contributed by atoms with Crippen LogP contribution in [-0.2, 0) is 0 Å². The second-order valence-electron chi connectivity index (χ2n) is 4.37. The van der Waals surface area contributed by atoms with Crippen LogP contribution in [0.3, 0.4) is 0 Å². The molecule has 0 bridgehead atoms. The Bertz CT molecular complexity index is 507. The van der Waals surface area contributed by atoms with E-state index in [1.807, 2.05) is 10.6 Å². The first kappa shape index (κ1) is 12.8. The Morgan fingerprint density at radius 2 is 2.28 bits per heavy atom. The molecule has 0 saturated carbocycles. The average Bonchev–Trinajstić information content (AvgIpc) is 2.85. The molecule has 1 unspecified atom stereocenters. The van der Waals surface area contributed by atoms with Crippen LogP contribution in [0.4, 0.5) is 4.39 Å². The fraction of sp³-hybridized carbons (Fsp3) is 0.357.